The highest BCUT2D eigenvalue weighted by molar-refractivity contribution is 7.99. The Morgan fingerprint density at radius 2 is 2.28 bits per heavy atom. The molecule has 0 bridgehead atoms. The van der Waals surface area contributed by atoms with Crippen molar-refractivity contribution < 1.29 is 14.3 Å². The van der Waals surface area contributed by atoms with Crippen LogP contribution in [0.15, 0.2) is 18.2 Å². The van der Waals surface area contributed by atoms with E-state index in [0.29, 0.717) is 5.25 Å². The van der Waals surface area contributed by atoms with E-state index in [9.17, 15) is 14.3 Å². The van der Waals surface area contributed by atoms with E-state index in [4.69, 9.17) is 0 Å². The molecule has 1 saturated carbocycles. The lowest BCUT2D eigenvalue weighted by molar-refractivity contribution is 0.0931. The van der Waals surface area contributed by atoms with E-state index in [0.717, 1.165) is 19.3 Å². The van der Waals surface area contributed by atoms with Crippen molar-refractivity contribution in [1.29, 1.82) is 0 Å². The molecule has 2 rings (SSSR count). The van der Waals surface area contributed by atoms with E-state index < -0.39 is 11.7 Å². The molecule has 0 aromatic heterocycles. The number of thioether (sulfide) groups is 1. The molecule has 1 fully saturated rings. The number of carbonyl (C=O) groups is 1. The van der Waals surface area contributed by atoms with Crippen LogP contribution < -0.4 is 5.32 Å². The first-order valence-corrected chi connectivity index (χ1v) is 7.21. The second-order valence-electron chi connectivity index (χ2n) is 4.48. The normalized spacial score (nSPS) is 23.0. The minimum Gasteiger partial charge on any atom is -0.507 e. The third-order valence-corrected chi connectivity index (χ3v) is 4.37. The van der Waals surface area contributed by atoms with Gasteiger partial charge in [0.1, 0.15) is 17.1 Å². The average Bonchev–Trinajstić information content (AvgIpc) is 2.76. The van der Waals surface area contributed by atoms with Crippen LogP contribution in [0.25, 0.3) is 0 Å². The van der Waals surface area contributed by atoms with Crippen LogP contribution in [0.5, 0.6) is 5.75 Å². The Bertz CT molecular complexity index is 432. The van der Waals surface area contributed by atoms with Gasteiger partial charge in [-0.15, -0.1) is 0 Å². The van der Waals surface area contributed by atoms with Gasteiger partial charge in [-0.05, 0) is 37.7 Å². The minimum absolute atomic E-state index is 0.0777. The van der Waals surface area contributed by atoms with Crippen LogP contribution in [0.2, 0.25) is 0 Å². The van der Waals surface area contributed by atoms with Gasteiger partial charge in [0.25, 0.3) is 5.91 Å². The number of hydrogen-bond donors (Lipinski definition) is 2. The Hall–Kier alpha value is -1.23. The summed E-state index contributed by atoms with van der Waals surface area (Å²) in [4.78, 5) is 11.9. The molecule has 18 heavy (non-hydrogen) atoms. The molecule has 2 atom stereocenters. The number of halogens is 1. The average molecular weight is 269 g/mol. The number of phenolic OH excluding ortho intramolecular Hbond substituents is 1. The van der Waals surface area contributed by atoms with E-state index in [2.05, 4.69) is 11.6 Å². The summed E-state index contributed by atoms with van der Waals surface area (Å²) in [6, 6.07) is 3.94. The van der Waals surface area contributed by atoms with Crippen molar-refractivity contribution in [1.82, 2.24) is 5.32 Å². The molecule has 1 aromatic carbocycles. The quantitative estimate of drug-likeness (QED) is 0.886. The second-order valence-corrected chi connectivity index (χ2v) is 5.61. The number of phenols is 1. The monoisotopic (exact) mass is 269 g/mol. The van der Waals surface area contributed by atoms with Gasteiger partial charge in [-0.1, -0.05) is 6.07 Å². The van der Waals surface area contributed by atoms with Gasteiger partial charge < -0.3 is 10.4 Å². The highest BCUT2D eigenvalue weighted by Crippen LogP contribution is 2.29. The molecule has 0 aliphatic heterocycles. The van der Waals surface area contributed by atoms with Crippen molar-refractivity contribution >= 4 is 17.7 Å². The van der Waals surface area contributed by atoms with E-state index in [1.807, 2.05) is 0 Å². The van der Waals surface area contributed by atoms with Crippen molar-refractivity contribution in [2.24, 2.45) is 0 Å². The van der Waals surface area contributed by atoms with Gasteiger partial charge in [-0.25, -0.2) is 4.39 Å². The number of nitrogens with one attached hydrogen (secondary N) is 1. The number of rotatable bonds is 3. The Balaban J connectivity index is 2.04. The third-order valence-electron chi connectivity index (χ3n) is 3.27. The van der Waals surface area contributed by atoms with Crippen molar-refractivity contribution in [2.45, 2.75) is 30.6 Å². The first kappa shape index (κ1) is 13.2. The van der Waals surface area contributed by atoms with Crippen molar-refractivity contribution in [3.05, 3.63) is 29.6 Å². The van der Waals surface area contributed by atoms with Crippen LogP contribution in [-0.2, 0) is 0 Å². The summed E-state index contributed by atoms with van der Waals surface area (Å²) in [7, 11) is 0. The van der Waals surface area contributed by atoms with Gasteiger partial charge >= 0.3 is 0 Å². The van der Waals surface area contributed by atoms with Gasteiger partial charge in [0.15, 0.2) is 0 Å². The van der Waals surface area contributed by atoms with Gasteiger partial charge in [0.05, 0.1) is 0 Å². The lowest BCUT2D eigenvalue weighted by Crippen LogP contribution is -2.33. The summed E-state index contributed by atoms with van der Waals surface area (Å²) >= 11 is 1.79. The van der Waals surface area contributed by atoms with Crippen LogP contribution in [0, 0.1) is 5.82 Å². The van der Waals surface area contributed by atoms with E-state index in [1.165, 1.54) is 18.2 Å². The second kappa shape index (κ2) is 5.61. The van der Waals surface area contributed by atoms with Crippen LogP contribution in [0.3, 0.4) is 0 Å². The fourth-order valence-corrected chi connectivity index (χ4v) is 3.08. The topological polar surface area (TPSA) is 49.3 Å². The molecular formula is C13H16FNO2S. The first-order chi connectivity index (χ1) is 8.61. The van der Waals surface area contributed by atoms with Crippen molar-refractivity contribution in [3.8, 4) is 5.75 Å². The molecule has 2 N–H and O–H groups in total. The molecule has 98 valence electrons. The maximum Gasteiger partial charge on any atom is 0.258 e. The predicted molar refractivity (Wildman–Crippen MR) is 70.5 cm³/mol. The summed E-state index contributed by atoms with van der Waals surface area (Å²) in [6.45, 7) is 0. The van der Waals surface area contributed by atoms with E-state index in [1.54, 1.807) is 11.8 Å². The Labute approximate surface area is 110 Å². The molecule has 0 spiro atoms. The molecule has 1 aliphatic rings. The number of benzene rings is 1. The molecule has 1 amide bonds. The first-order valence-electron chi connectivity index (χ1n) is 5.93. The van der Waals surface area contributed by atoms with Crippen LogP contribution >= 0.6 is 11.8 Å². The van der Waals surface area contributed by atoms with E-state index >= 15 is 0 Å². The summed E-state index contributed by atoms with van der Waals surface area (Å²) in [5.74, 6) is -1.53. The predicted octanol–water partition coefficient (Wildman–Crippen LogP) is 2.55. The summed E-state index contributed by atoms with van der Waals surface area (Å²) < 4.78 is 13.5. The number of carbonyl (C=O) groups excluding carboxylic acids is 1. The molecular weight excluding hydrogens is 253 g/mol. The van der Waals surface area contributed by atoms with Gasteiger partial charge in [-0.3, -0.25) is 4.79 Å². The summed E-state index contributed by atoms with van der Waals surface area (Å²) in [6.07, 6.45) is 4.93. The summed E-state index contributed by atoms with van der Waals surface area (Å²) in [5.41, 5.74) is -0.259. The Morgan fingerprint density at radius 3 is 2.89 bits per heavy atom. The third kappa shape index (κ3) is 2.77. The molecule has 3 nitrogen and oxygen atoms in total. The maximum atomic E-state index is 13.5. The molecule has 1 aromatic rings. The molecule has 0 heterocycles. The molecule has 5 heteroatoms. The van der Waals surface area contributed by atoms with E-state index in [-0.39, 0.29) is 17.4 Å². The van der Waals surface area contributed by atoms with Gasteiger partial charge in [0, 0.05) is 11.3 Å². The molecule has 1 aliphatic carbocycles. The van der Waals surface area contributed by atoms with Crippen molar-refractivity contribution in [2.75, 3.05) is 6.26 Å². The van der Waals surface area contributed by atoms with Crippen LogP contribution in [0.1, 0.15) is 29.6 Å². The Kier molecular flexibility index (Phi) is 4.11. The standard InChI is InChI=1S/C13H16FNO2S/c1-18-9-6-5-8(7-9)15-13(17)12-10(14)3-2-4-11(12)16/h2-4,8-9,16H,5-7H2,1H3,(H,15,17)/t8-,9+/m1/s1. The SMILES string of the molecule is CS[C@H]1CC[C@@H](NC(=O)c2c(O)cccc2F)C1. The van der Waals surface area contributed by atoms with Crippen LogP contribution in [0.4, 0.5) is 4.39 Å². The zero-order valence-electron chi connectivity index (χ0n) is 10.1. The largest absolute Gasteiger partial charge is 0.507 e. The molecule has 0 unspecified atom stereocenters. The lowest BCUT2D eigenvalue weighted by atomic mass is 10.1. The van der Waals surface area contributed by atoms with Gasteiger partial charge in [-0.2, -0.15) is 11.8 Å². The highest BCUT2D eigenvalue weighted by Gasteiger charge is 2.27. The Morgan fingerprint density at radius 1 is 1.50 bits per heavy atom. The number of aromatic hydroxyl groups is 1. The zero-order valence-corrected chi connectivity index (χ0v) is 11.0. The zero-order chi connectivity index (χ0) is 13.1. The highest BCUT2D eigenvalue weighted by atomic mass is 32.2. The summed E-state index contributed by atoms with van der Waals surface area (Å²) in [5, 5.41) is 12.9. The maximum absolute atomic E-state index is 13.5. The van der Waals surface area contributed by atoms with Crippen molar-refractivity contribution in [3.63, 3.8) is 0 Å². The minimum atomic E-state index is -0.688. The number of hydrogen-bond acceptors (Lipinski definition) is 3. The lowest BCUT2D eigenvalue weighted by Gasteiger charge is -2.13. The smallest absolute Gasteiger partial charge is 0.258 e. The fourth-order valence-electron chi connectivity index (χ4n) is 2.28. The van der Waals surface area contributed by atoms with Crippen LogP contribution in [-0.4, -0.2) is 28.6 Å². The molecule has 0 saturated heterocycles. The molecule has 0 radical (unpaired) electrons. The fraction of sp³-hybridized carbons (Fsp3) is 0.462. The van der Waals surface area contributed by atoms with Gasteiger partial charge in [0.2, 0.25) is 0 Å². The number of amides is 1.